The molecular formula is C37H39F2N7O4. The molecule has 13 heteroatoms. The van der Waals surface area contributed by atoms with Crippen molar-refractivity contribution in [1.82, 2.24) is 30.1 Å². The van der Waals surface area contributed by atoms with Crippen LogP contribution in [0.2, 0.25) is 0 Å². The Morgan fingerprint density at radius 1 is 1.16 bits per heavy atom. The molecule has 2 aromatic heterocycles. The highest BCUT2D eigenvalue weighted by Gasteiger charge is 2.50. The predicted octanol–water partition coefficient (Wildman–Crippen LogP) is 4.82. The molecule has 4 saturated heterocycles. The molecule has 0 aliphatic carbocycles. The summed E-state index contributed by atoms with van der Waals surface area (Å²) in [5.74, 6) is 1.40. The van der Waals surface area contributed by atoms with E-state index in [0.29, 0.717) is 55.0 Å². The Labute approximate surface area is 288 Å². The molecule has 2 aromatic carbocycles. The maximum absolute atomic E-state index is 16.9. The molecule has 4 aliphatic heterocycles. The summed E-state index contributed by atoms with van der Waals surface area (Å²) in [5.41, 5.74) is -0.282. The number of amides is 1. The Bertz CT molecular complexity index is 2040. The van der Waals surface area contributed by atoms with Crippen molar-refractivity contribution in [3.05, 3.63) is 47.7 Å². The van der Waals surface area contributed by atoms with Crippen molar-refractivity contribution in [3.63, 3.8) is 0 Å². The first kappa shape index (κ1) is 32.4. The largest absolute Gasteiger partial charge is 0.508 e. The lowest BCUT2D eigenvalue weighted by atomic mass is 9.95. The number of carbonyl (C=O) groups is 1. The lowest BCUT2D eigenvalue weighted by Gasteiger charge is -2.35. The number of nitrogens with zero attached hydrogens (tertiary/aromatic N) is 6. The van der Waals surface area contributed by atoms with Gasteiger partial charge in [0.05, 0.1) is 16.5 Å². The average molecular weight is 684 g/mol. The third-order valence-corrected chi connectivity index (χ3v) is 10.9. The minimum absolute atomic E-state index is 0.0108. The first-order valence-corrected chi connectivity index (χ1v) is 17.2. The number of piperazine rings is 1. The van der Waals surface area contributed by atoms with Crippen LogP contribution < -0.4 is 15.0 Å². The van der Waals surface area contributed by atoms with E-state index < -0.39 is 11.6 Å². The zero-order valence-electron chi connectivity index (χ0n) is 28.1. The summed E-state index contributed by atoms with van der Waals surface area (Å²) in [5, 5.41) is 15.4. The van der Waals surface area contributed by atoms with Gasteiger partial charge in [0.1, 0.15) is 41.8 Å². The summed E-state index contributed by atoms with van der Waals surface area (Å²) in [7, 11) is 3.33. The van der Waals surface area contributed by atoms with Crippen molar-refractivity contribution in [2.24, 2.45) is 0 Å². The molecule has 2 bridgehead atoms. The standard InChI is InChI=1S/C37H39F2N7O4/c1-4-26-29(38)9-6-21-14-25(47)15-27(30(21)26)32-31(39)33-28(16-40-32)34(45-17-22-7-8-23(18-45)41-22)43-35(42-33)50-20-37-11-5-13-46(37)24(10-12-37)19-49-36(48)44(2)3/h1,6,9,14-16,22-24,41,47H,5,7-8,10-13,17-20H2,2-3H3. The van der Waals surface area contributed by atoms with Crippen LogP contribution in [0.4, 0.5) is 19.4 Å². The van der Waals surface area contributed by atoms with Gasteiger partial charge in [-0.05, 0) is 68.7 Å². The van der Waals surface area contributed by atoms with Gasteiger partial charge in [-0.15, -0.1) is 6.42 Å². The van der Waals surface area contributed by atoms with Gasteiger partial charge in [-0.25, -0.2) is 13.6 Å². The molecule has 6 heterocycles. The SMILES string of the molecule is C#Cc1c(F)ccc2cc(O)cc(-c3ncc4c(N5CC6CCC(C5)N6)nc(OCC56CCCN5C(COC(=O)N(C)C)CC6)nc4c3F)c12. The summed E-state index contributed by atoms with van der Waals surface area (Å²) in [6.45, 7) is 2.85. The second-order valence-electron chi connectivity index (χ2n) is 14.2. The summed E-state index contributed by atoms with van der Waals surface area (Å²) in [4.78, 5) is 32.1. The van der Waals surface area contributed by atoms with Crippen molar-refractivity contribution in [2.75, 3.05) is 51.8 Å². The van der Waals surface area contributed by atoms with Crippen LogP contribution in [0, 0.1) is 24.0 Å². The quantitative estimate of drug-likeness (QED) is 0.263. The van der Waals surface area contributed by atoms with E-state index in [0.717, 1.165) is 45.1 Å². The summed E-state index contributed by atoms with van der Waals surface area (Å²) < 4.78 is 43.8. The van der Waals surface area contributed by atoms with Gasteiger partial charge in [0.2, 0.25) is 0 Å². The second-order valence-corrected chi connectivity index (χ2v) is 14.2. The van der Waals surface area contributed by atoms with Gasteiger partial charge in [0.25, 0.3) is 0 Å². The minimum atomic E-state index is -0.752. The fourth-order valence-electron chi connectivity index (χ4n) is 8.52. The molecule has 1 amide bonds. The van der Waals surface area contributed by atoms with E-state index in [2.05, 4.69) is 31.0 Å². The number of phenolic OH excluding ortho intramolecular Hbond substituents is 1. The van der Waals surface area contributed by atoms with E-state index in [9.17, 15) is 14.3 Å². The molecule has 11 nitrogen and oxygen atoms in total. The van der Waals surface area contributed by atoms with Gasteiger partial charge >= 0.3 is 12.1 Å². The number of hydrogen-bond donors (Lipinski definition) is 2. The molecule has 2 N–H and O–H groups in total. The van der Waals surface area contributed by atoms with Gasteiger partial charge < -0.3 is 29.7 Å². The monoisotopic (exact) mass is 683 g/mol. The number of phenols is 1. The van der Waals surface area contributed by atoms with Gasteiger partial charge in [-0.1, -0.05) is 12.0 Å². The maximum Gasteiger partial charge on any atom is 0.409 e. The predicted molar refractivity (Wildman–Crippen MR) is 184 cm³/mol. The number of rotatable bonds is 7. The lowest BCUT2D eigenvalue weighted by molar-refractivity contribution is 0.0484. The van der Waals surface area contributed by atoms with E-state index in [1.54, 1.807) is 14.1 Å². The second kappa shape index (κ2) is 12.5. The summed E-state index contributed by atoms with van der Waals surface area (Å²) in [6.07, 6.45) is 12.6. The normalized spacial score (nSPS) is 24.5. The van der Waals surface area contributed by atoms with Gasteiger partial charge in [0, 0.05) is 62.5 Å². The van der Waals surface area contributed by atoms with Crippen LogP contribution in [0.3, 0.4) is 0 Å². The highest BCUT2D eigenvalue weighted by molar-refractivity contribution is 6.03. The summed E-state index contributed by atoms with van der Waals surface area (Å²) >= 11 is 0. The zero-order chi connectivity index (χ0) is 34.7. The Morgan fingerprint density at radius 3 is 2.72 bits per heavy atom. The molecule has 4 atom stereocenters. The Kier molecular flexibility index (Phi) is 8.11. The maximum atomic E-state index is 16.9. The number of aromatic hydroxyl groups is 1. The number of carbonyl (C=O) groups excluding carboxylic acids is 1. The lowest BCUT2D eigenvalue weighted by Crippen LogP contribution is -2.51. The van der Waals surface area contributed by atoms with Crippen LogP contribution in [-0.4, -0.2) is 107 Å². The molecule has 4 aromatic rings. The van der Waals surface area contributed by atoms with Crippen LogP contribution >= 0.6 is 0 Å². The van der Waals surface area contributed by atoms with Crippen LogP contribution in [0.5, 0.6) is 11.8 Å². The molecule has 4 aliphatic rings. The molecule has 0 radical (unpaired) electrons. The molecule has 260 valence electrons. The van der Waals surface area contributed by atoms with Gasteiger partial charge in [-0.3, -0.25) is 9.88 Å². The van der Waals surface area contributed by atoms with E-state index >= 15 is 4.39 Å². The van der Waals surface area contributed by atoms with Gasteiger partial charge in [0.15, 0.2) is 5.82 Å². The smallest absolute Gasteiger partial charge is 0.409 e. The highest BCUT2D eigenvalue weighted by Crippen LogP contribution is 2.44. The molecule has 8 rings (SSSR count). The van der Waals surface area contributed by atoms with Crippen LogP contribution in [0.25, 0.3) is 32.9 Å². The first-order valence-electron chi connectivity index (χ1n) is 17.2. The zero-order valence-corrected chi connectivity index (χ0v) is 28.1. The van der Waals surface area contributed by atoms with E-state index in [1.807, 2.05) is 0 Å². The van der Waals surface area contributed by atoms with Crippen molar-refractivity contribution >= 4 is 33.6 Å². The molecule has 0 saturated carbocycles. The summed E-state index contributed by atoms with van der Waals surface area (Å²) in [6, 6.07) is 6.22. The number of aromatic nitrogens is 3. The number of anilines is 1. The Morgan fingerprint density at radius 2 is 1.96 bits per heavy atom. The minimum Gasteiger partial charge on any atom is -0.508 e. The van der Waals surface area contributed by atoms with E-state index in [-0.39, 0.29) is 57.2 Å². The highest BCUT2D eigenvalue weighted by atomic mass is 19.1. The molecule has 50 heavy (non-hydrogen) atoms. The number of pyridine rings is 1. The van der Waals surface area contributed by atoms with Gasteiger partial charge in [-0.2, -0.15) is 9.97 Å². The number of nitrogens with one attached hydrogen (secondary N) is 1. The first-order chi connectivity index (χ1) is 24.1. The van der Waals surface area contributed by atoms with E-state index in [4.69, 9.17) is 20.9 Å². The van der Waals surface area contributed by atoms with E-state index in [1.165, 1.54) is 35.4 Å². The molecule has 0 spiro atoms. The number of hydrogen-bond acceptors (Lipinski definition) is 10. The van der Waals surface area contributed by atoms with Crippen LogP contribution in [-0.2, 0) is 4.74 Å². The topological polar surface area (TPSA) is 116 Å². The molecule has 4 fully saturated rings. The third kappa shape index (κ3) is 5.51. The average Bonchev–Trinajstić information content (AvgIpc) is 3.78. The number of benzene rings is 2. The van der Waals surface area contributed by atoms with Crippen molar-refractivity contribution in [1.29, 1.82) is 0 Å². The van der Waals surface area contributed by atoms with Crippen molar-refractivity contribution in [2.45, 2.75) is 62.2 Å². The van der Waals surface area contributed by atoms with Crippen LogP contribution in [0.1, 0.15) is 44.1 Å². The number of fused-ring (bicyclic) bond motifs is 5. The fourth-order valence-corrected chi connectivity index (χ4v) is 8.52. The molecule has 4 unspecified atom stereocenters. The Hall–Kier alpha value is -4.80. The number of halogens is 2. The van der Waals surface area contributed by atoms with Crippen molar-refractivity contribution in [3.8, 4) is 35.4 Å². The fraction of sp³-hybridized carbons (Fsp3) is 0.459. The van der Waals surface area contributed by atoms with Crippen molar-refractivity contribution < 1.29 is 28.2 Å². The number of terminal acetylenes is 1. The Balaban J connectivity index is 1.18. The molecular weight excluding hydrogens is 644 g/mol. The number of ether oxygens (including phenoxy) is 2. The third-order valence-electron chi connectivity index (χ3n) is 10.9. The van der Waals surface area contributed by atoms with Crippen LogP contribution in [0.15, 0.2) is 30.5 Å².